The van der Waals surface area contributed by atoms with Crippen LogP contribution in [-0.2, 0) is 0 Å². The largest absolute Gasteiger partial charge is 0.0616 e. The van der Waals surface area contributed by atoms with Crippen LogP contribution in [0.15, 0.2) is 115 Å². The first-order chi connectivity index (χ1) is 14.3. The minimum absolute atomic E-state index is 1.31. The highest BCUT2D eigenvalue weighted by Gasteiger charge is 1.99. The number of hydrogen-bond acceptors (Lipinski definition) is 0. The van der Waals surface area contributed by atoms with Gasteiger partial charge in [0.2, 0.25) is 0 Å². The van der Waals surface area contributed by atoms with Crippen LogP contribution in [0.4, 0.5) is 0 Å². The molecule has 0 heterocycles. The normalized spacial score (nSPS) is 10.9. The first kappa shape index (κ1) is 17.5. The Morgan fingerprint density at radius 2 is 0.690 bits per heavy atom. The lowest BCUT2D eigenvalue weighted by atomic mass is 10.0. The second-order valence-electron chi connectivity index (χ2n) is 7.54. The highest BCUT2D eigenvalue weighted by atomic mass is 14.0. The fraction of sp³-hybridized carbons (Fsp3) is 0.0345. The second-order valence-corrected chi connectivity index (χ2v) is 7.54. The summed E-state index contributed by atoms with van der Waals surface area (Å²) in [5, 5.41) is 10.6. The van der Waals surface area contributed by atoms with Crippen molar-refractivity contribution in [2.45, 2.75) is 6.92 Å². The van der Waals surface area contributed by atoms with Crippen LogP contribution in [0.3, 0.4) is 0 Å². The van der Waals surface area contributed by atoms with E-state index in [1.54, 1.807) is 0 Å². The summed E-state index contributed by atoms with van der Waals surface area (Å²) >= 11 is 0. The summed E-state index contributed by atoms with van der Waals surface area (Å²) in [6, 6.07) is 40.9. The molecule has 0 saturated heterocycles. The number of hydrogen-bond donors (Lipinski definition) is 0. The van der Waals surface area contributed by atoms with E-state index in [1.165, 1.54) is 48.7 Å². The highest BCUT2D eigenvalue weighted by Crippen LogP contribution is 2.25. The predicted molar refractivity (Wildman–Crippen MR) is 128 cm³/mol. The molecular formula is C29H22. The van der Waals surface area contributed by atoms with Gasteiger partial charge < -0.3 is 0 Å². The van der Waals surface area contributed by atoms with Crippen LogP contribution in [0.5, 0.6) is 0 Å². The number of aryl methyl sites for hydroxylation is 1. The Labute approximate surface area is 171 Å². The summed E-state index contributed by atoms with van der Waals surface area (Å²) in [4.78, 5) is 0. The zero-order valence-electron chi connectivity index (χ0n) is 16.5. The zero-order valence-corrected chi connectivity index (χ0v) is 16.5. The molecule has 0 spiro atoms. The van der Waals surface area contributed by atoms with E-state index in [4.69, 9.17) is 0 Å². The second kappa shape index (κ2) is 7.41. The maximum absolute atomic E-state index is 2.28. The minimum atomic E-state index is 1.31. The molecule has 0 unspecified atom stereocenters. The summed E-state index contributed by atoms with van der Waals surface area (Å²) in [6.07, 6.45) is 0. The average molecular weight is 370 g/mol. The monoisotopic (exact) mass is 370 g/mol. The van der Waals surface area contributed by atoms with Crippen molar-refractivity contribution in [3.8, 4) is 0 Å². The lowest BCUT2D eigenvalue weighted by molar-refractivity contribution is 1.54. The quantitative estimate of drug-likeness (QED) is 0.236. The van der Waals surface area contributed by atoms with Gasteiger partial charge >= 0.3 is 0 Å². The number of fused-ring (bicyclic) bond motifs is 4. The van der Waals surface area contributed by atoms with E-state index in [2.05, 4.69) is 122 Å². The van der Waals surface area contributed by atoms with E-state index in [1.807, 2.05) is 0 Å². The van der Waals surface area contributed by atoms with E-state index in [0.29, 0.717) is 0 Å². The molecule has 0 aliphatic carbocycles. The Balaban J connectivity index is 0.000000125. The van der Waals surface area contributed by atoms with Gasteiger partial charge in [-0.25, -0.2) is 0 Å². The van der Waals surface area contributed by atoms with Crippen LogP contribution in [0, 0.1) is 6.92 Å². The van der Waals surface area contributed by atoms with Crippen LogP contribution in [0.1, 0.15) is 5.56 Å². The molecule has 0 N–H and O–H groups in total. The first-order valence-electron chi connectivity index (χ1n) is 10.0. The van der Waals surface area contributed by atoms with Crippen molar-refractivity contribution in [1.29, 1.82) is 0 Å². The third-order valence-electron chi connectivity index (χ3n) is 5.58. The summed E-state index contributed by atoms with van der Waals surface area (Å²) in [5.74, 6) is 0. The van der Waals surface area contributed by atoms with Gasteiger partial charge in [0.15, 0.2) is 0 Å². The predicted octanol–water partition coefficient (Wildman–Crippen LogP) is 8.29. The Morgan fingerprint density at radius 1 is 0.345 bits per heavy atom. The molecule has 0 fully saturated rings. The summed E-state index contributed by atoms with van der Waals surface area (Å²) in [5.41, 5.74) is 1.35. The molecule has 6 aromatic rings. The lowest BCUT2D eigenvalue weighted by Crippen LogP contribution is -1.79. The standard InChI is InChI=1S/C15H12.C14H10/c1-11-5-4-8-14-9-12-6-2-3-7-13(12)10-15(11)14;1-2-6-12-10-14-8-4-3-7-13(14)9-11(12)5-1/h2-10H,1H3;1-10H. The average Bonchev–Trinajstić information content (AvgIpc) is 2.77. The first-order valence-corrected chi connectivity index (χ1v) is 10.0. The lowest BCUT2D eigenvalue weighted by Gasteiger charge is -2.04. The van der Waals surface area contributed by atoms with Crippen molar-refractivity contribution < 1.29 is 0 Å². The molecule has 0 amide bonds. The van der Waals surface area contributed by atoms with Gasteiger partial charge in [0, 0.05) is 0 Å². The smallest absolute Gasteiger partial charge is 0.0148 e. The zero-order chi connectivity index (χ0) is 19.6. The Bertz CT molecular complexity index is 1350. The Morgan fingerprint density at radius 3 is 1.14 bits per heavy atom. The molecule has 0 heteroatoms. The minimum Gasteiger partial charge on any atom is -0.0616 e. The van der Waals surface area contributed by atoms with Gasteiger partial charge in [0.1, 0.15) is 0 Å². The van der Waals surface area contributed by atoms with E-state index in [9.17, 15) is 0 Å². The molecule has 0 aliphatic rings. The van der Waals surface area contributed by atoms with Gasteiger partial charge in [-0.2, -0.15) is 0 Å². The summed E-state index contributed by atoms with van der Waals surface area (Å²) in [7, 11) is 0. The molecule has 0 radical (unpaired) electrons. The van der Waals surface area contributed by atoms with Gasteiger partial charge in [-0.3, -0.25) is 0 Å². The van der Waals surface area contributed by atoms with Crippen molar-refractivity contribution in [2.75, 3.05) is 0 Å². The molecule has 6 aromatic carbocycles. The van der Waals surface area contributed by atoms with Crippen molar-refractivity contribution in [3.63, 3.8) is 0 Å². The third kappa shape index (κ3) is 3.46. The maximum Gasteiger partial charge on any atom is -0.0148 e. The molecule has 0 aliphatic heterocycles. The molecular weight excluding hydrogens is 348 g/mol. The topological polar surface area (TPSA) is 0 Å². The summed E-state index contributed by atoms with van der Waals surface area (Å²) < 4.78 is 0. The van der Waals surface area contributed by atoms with Crippen LogP contribution < -0.4 is 0 Å². The molecule has 0 bridgehead atoms. The number of rotatable bonds is 0. The van der Waals surface area contributed by atoms with Gasteiger partial charge in [0.25, 0.3) is 0 Å². The molecule has 6 rings (SSSR count). The Hall–Kier alpha value is -3.64. The van der Waals surface area contributed by atoms with E-state index >= 15 is 0 Å². The molecule has 29 heavy (non-hydrogen) atoms. The van der Waals surface area contributed by atoms with Gasteiger partial charge in [-0.15, -0.1) is 0 Å². The van der Waals surface area contributed by atoms with Crippen molar-refractivity contribution in [1.82, 2.24) is 0 Å². The fourth-order valence-corrected chi connectivity index (χ4v) is 4.01. The van der Waals surface area contributed by atoms with E-state index in [-0.39, 0.29) is 0 Å². The van der Waals surface area contributed by atoms with Gasteiger partial charge in [0.05, 0.1) is 0 Å². The highest BCUT2D eigenvalue weighted by molar-refractivity contribution is 5.99. The van der Waals surface area contributed by atoms with Crippen LogP contribution >= 0.6 is 0 Å². The van der Waals surface area contributed by atoms with E-state index in [0.717, 1.165) is 0 Å². The van der Waals surface area contributed by atoms with Gasteiger partial charge in [-0.1, -0.05) is 91.0 Å². The van der Waals surface area contributed by atoms with Crippen LogP contribution in [-0.4, -0.2) is 0 Å². The maximum atomic E-state index is 2.28. The third-order valence-corrected chi connectivity index (χ3v) is 5.58. The fourth-order valence-electron chi connectivity index (χ4n) is 4.01. The van der Waals surface area contributed by atoms with Crippen molar-refractivity contribution in [2.24, 2.45) is 0 Å². The SMILES string of the molecule is Cc1cccc2cc3ccccc3cc12.c1ccc2cc3ccccc3cc2c1. The molecule has 0 nitrogen and oxygen atoms in total. The van der Waals surface area contributed by atoms with E-state index < -0.39 is 0 Å². The molecule has 138 valence electrons. The number of benzene rings is 6. The van der Waals surface area contributed by atoms with Crippen LogP contribution in [0.2, 0.25) is 0 Å². The van der Waals surface area contributed by atoms with Crippen molar-refractivity contribution >= 4 is 43.1 Å². The summed E-state index contributed by atoms with van der Waals surface area (Å²) in [6.45, 7) is 2.16. The molecule has 0 saturated carbocycles. The molecule has 0 atom stereocenters. The molecule has 0 aromatic heterocycles. The van der Waals surface area contributed by atoms with Crippen LogP contribution in [0.25, 0.3) is 43.1 Å². The van der Waals surface area contributed by atoms with Gasteiger partial charge in [-0.05, 0) is 79.8 Å². The van der Waals surface area contributed by atoms with Crippen molar-refractivity contribution in [3.05, 3.63) is 121 Å². The Kier molecular flexibility index (Phi) is 4.46.